The van der Waals surface area contributed by atoms with Gasteiger partial charge >= 0.3 is 11.9 Å². The summed E-state index contributed by atoms with van der Waals surface area (Å²) < 4.78 is 9.28. The average Bonchev–Trinajstić information content (AvgIpc) is 2.47. The highest BCUT2D eigenvalue weighted by Crippen LogP contribution is 2.11. The lowest BCUT2D eigenvalue weighted by molar-refractivity contribution is -0.142. The molecule has 1 heterocycles. The molecule has 0 aliphatic heterocycles. The van der Waals surface area contributed by atoms with Crippen LogP contribution in [0, 0.1) is 0 Å². The first kappa shape index (κ1) is 9.31. The molecule has 1 aromatic heterocycles. The summed E-state index contributed by atoms with van der Waals surface area (Å²) in [5, 5.41) is 8.59. The fourth-order valence-corrected chi connectivity index (χ4v) is 0.816. The van der Waals surface area contributed by atoms with Crippen LogP contribution in [0.15, 0.2) is 16.7 Å². The van der Waals surface area contributed by atoms with Crippen LogP contribution in [0.3, 0.4) is 0 Å². The van der Waals surface area contributed by atoms with Gasteiger partial charge in [0, 0.05) is 12.5 Å². The zero-order valence-electron chi connectivity index (χ0n) is 6.94. The number of carbonyl (C=O) groups excluding carboxylic acids is 1. The number of esters is 1. The molecule has 0 aliphatic rings. The molecule has 1 rings (SSSR count). The molecule has 0 radical (unpaired) electrons. The van der Waals surface area contributed by atoms with Crippen molar-refractivity contribution in [1.29, 1.82) is 0 Å². The first-order valence-corrected chi connectivity index (χ1v) is 3.54. The normalized spacial score (nSPS) is 9.62. The fourth-order valence-electron chi connectivity index (χ4n) is 0.816. The van der Waals surface area contributed by atoms with Crippen molar-refractivity contribution in [3.8, 4) is 0 Å². The fraction of sp³-hybridized carbons (Fsp3) is 0.250. The summed E-state index contributed by atoms with van der Waals surface area (Å²) in [4.78, 5) is 20.9. The maximum Gasteiger partial charge on any atom is 0.372 e. The Morgan fingerprint density at radius 1 is 1.62 bits per heavy atom. The highest BCUT2D eigenvalue weighted by Gasteiger charge is 2.14. The van der Waals surface area contributed by atoms with Crippen LogP contribution in [0.5, 0.6) is 0 Å². The van der Waals surface area contributed by atoms with Gasteiger partial charge in [0.2, 0.25) is 5.76 Å². The van der Waals surface area contributed by atoms with Crippen molar-refractivity contribution in [3.05, 3.63) is 23.7 Å². The van der Waals surface area contributed by atoms with E-state index >= 15 is 0 Å². The predicted molar refractivity (Wildman–Crippen MR) is 41.1 cm³/mol. The van der Waals surface area contributed by atoms with Gasteiger partial charge in [0.1, 0.15) is 6.61 Å². The van der Waals surface area contributed by atoms with Gasteiger partial charge in [-0.15, -0.1) is 0 Å². The van der Waals surface area contributed by atoms with E-state index in [9.17, 15) is 9.59 Å². The number of carboxylic acids is 1. The minimum atomic E-state index is -1.17. The van der Waals surface area contributed by atoms with Crippen LogP contribution in [-0.4, -0.2) is 17.0 Å². The number of hydrogen-bond donors (Lipinski definition) is 1. The molecular weight excluding hydrogens is 176 g/mol. The Kier molecular flexibility index (Phi) is 2.69. The lowest BCUT2D eigenvalue weighted by Gasteiger charge is -1.98. The van der Waals surface area contributed by atoms with E-state index in [0.29, 0.717) is 5.56 Å². The van der Waals surface area contributed by atoms with Gasteiger partial charge in [0.05, 0.1) is 6.26 Å². The Bertz CT molecular complexity index is 325. The van der Waals surface area contributed by atoms with Crippen LogP contribution in [-0.2, 0) is 16.1 Å². The van der Waals surface area contributed by atoms with Gasteiger partial charge in [-0.3, -0.25) is 4.79 Å². The largest absolute Gasteiger partial charge is 0.475 e. The first-order valence-electron chi connectivity index (χ1n) is 3.54. The monoisotopic (exact) mass is 184 g/mol. The summed E-state index contributed by atoms with van der Waals surface area (Å²) in [6.45, 7) is 1.17. The van der Waals surface area contributed by atoms with E-state index in [0.717, 1.165) is 0 Å². The zero-order valence-corrected chi connectivity index (χ0v) is 6.94. The molecule has 13 heavy (non-hydrogen) atoms. The average molecular weight is 184 g/mol. The summed E-state index contributed by atoms with van der Waals surface area (Å²) >= 11 is 0. The molecule has 0 spiro atoms. The molecule has 0 atom stereocenters. The van der Waals surface area contributed by atoms with E-state index in [1.165, 1.54) is 19.3 Å². The standard InChI is InChI=1S/C8H8O5/c1-5(9)13-4-6-2-3-12-7(6)8(10)11/h2-3H,4H2,1H3,(H,10,11). The molecular formula is C8H8O5. The Balaban J connectivity index is 2.71. The van der Waals surface area contributed by atoms with Crippen LogP contribution >= 0.6 is 0 Å². The molecule has 0 aliphatic carbocycles. The van der Waals surface area contributed by atoms with E-state index in [1.807, 2.05) is 0 Å². The Hall–Kier alpha value is -1.78. The highest BCUT2D eigenvalue weighted by molar-refractivity contribution is 5.86. The van der Waals surface area contributed by atoms with Crippen LogP contribution in [0.1, 0.15) is 23.0 Å². The Morgan fingerprint density at radius 2 is 2.31 bits per heavy atom. The van der Waals surface area contributed by atoms with E-state index in [4.69, 9.17) is 5.11 Å². The van der Waals surface area contributed by atoms with Gasteiger partial charge in [0.15, 0.2) is 0 Å². The number of aromatic carboxylic acids is 1. The number of rotatable bonds is 3. The van der Waals surface area contributed by atoms with Crippen LogP contribution in [0.4, 0.5) is 0 Å². The SMILES string of the molecule is CC(=O)OCc1ccoc1C(=O)O. The maximum absolute atomic E-state index is 10.5. The van der Waals surface area contributed by atoms with Gasteiger partial charge in [-0.25, -0.2) is 4.79 Å². The van der Waals surface area contributed by atoms with Crippen LogP contribution in [0.2, 0.25) is 0 Å². The van der Waals surface area contributed by atoms with Gasteiger partial charge in [0.25, 0.3) is 0 Å². The van der Waals surface area contributed by atoms with Gasteiger partial charge in [-0.1, -0.05) is 0 Å². The van der Waals surface area contributed by atoms with Crippen molar-refractivity contribution in [1.82, 2.24) is 0 Å². The molecule has 0 fully saturated rings. The summed E-state index contributed by atoms with van der Waals surface area (Å²) in [5.41, 5.74) is 0.350. The number of hydrogen-bond acceptors (Lipinski definition) is 4. The molecule has 0 bridgehead atoms. The van der Waals surface area contributed by atoms with Crippen molar-refractivity contribution in [2.24, 2.45) is 0 Å². The molecule has 0 saturated carbocycles. The van der Waals surface area contributed by atoms with Gasteiger partial charge in [-0.2, -0.15) is 0 Å². The lowest BCUT2D eigenvalue weighted by atomic mass is 10.2. The van der Waals surface area contributed by atoms with Crippen LogP contribution in [0.25, 0.3) is 0 Å². The van der Waals surface area contributed by atoms with E-state index < -0.39 is 11.9 Å². The van der Waals surface area contributed by atoms with Crippen molar-refractivity contribution >= 4 is 11.9 Å². The van der Waals surface area contributed by atoms with E-state index in [-0.39, 0.29) is 12.4 Å². The zero-order chi connectivity index (χ0) is 9.84. The van der Waals surface area contributed by atoms with Crippen LogP contribution < -0.4 is 0 Å². The third kappa shape index (κ3) is 2.33. The van der Waals surface area contributed by atoms with Gasteiger partial charge < -0.3 is 14.3 Å². The molecule has 1 aromatic rings. The molecule has 1 N–H and O–H groups in total. The molecule has 0 amide bonds. The third-order valence-electron chi connectivity index (χ3n) is 1.37. The second-order valence-corrected chi connectivity index (χ2v) is 2.36. The Morgan fingerprint density at radius 3 is 2.85 bits per heavy atom. The number of carboxylic acid groups (broad SMARTS) is 1. The smallest absolute Gasteiger partial charge is 0.372 e. The quantitative estimate of drug-likeness (QED) is 0.710. The number of furan rings is 1. The summed E-state index contributed by atoms with van der Waals surface area (Å²) in [6.07, 6.45) is 1.24. The summed E-state index contributed by atoms with van der Waals surface area (Å²) in [6, 6.07) is 1.45. The second kappa shape index (κ2) is 3.75. The second-order valence-electron chi connectivity index (χ2n) is 2.36. The predicted octanol–water partition coefficient (Wildman–Crippen LogP) is 1.04. The van der Waals surface area contributed by atoms with Crippen molar-refractivity contribution in [3.63, 3.8) is 0 Å². The van der Waals surface area contributed by atoms with Gasteiger partial charge in [-0.05, 0) is 6.07 Å². The topological polar surface area (TPSA) is 76.7 Å². The molecule has 0 aromatic carbocycles. The minimum Gasteiger partial charge on any atom is -0.475 e. The van der Waals surface area contributed by atoms with Crippen molar-refractivity contribution < 1.29 is 23.8 Å². The molecule has 0 unspecified atom stereocenters. The number of ether oxygens (including phenoxy) is 1. The summed E-state index contributed by atoms with van der Waals surface area (Å²) in [5.74, 6) is -1.83. The molecule has 0 saturated heterocycles. The van der Waals surface area contributed by atoms with Crippen molar-refractivity contribution in [2.75, 3.05) is 0 Å². The highest BCUT2D eigenvalue weighted by atomic mass is 16.5. The third-order valence-corrected chi connectivity index (χ3v) is 1.37. The van der Waals surface area contributed by atoms with E-state index in [2.05, 4.69) is 9.15 Å². The molecule has 70 valence electrons. The van der Waals surface area contributed by atoms with E-state index in [1.54, 1.807) is 0 Å². The molecule has 5 heteroatoms. The minimum absolute atomic E-state index is 0.0759. The lowest BCUT2D eigenvalue weighted by Crippen LogP contribution is -2.03. The van der Waals surface area contributed by atoms with Crippen molar-refractivity contribution in [2.45, 2.75) is 13.5 Å². The first-order chi connectivity index (χ1) is 6.11. The Labute approximate surface area is 73.9 Å². The summed E-state index contributed by atoms with van der Waals surface area (Å²) in [7, 11) is 0. The molecule has 5 nitrogen and oxygen atoms in total. The number of carbonyl (C=O) groups is 2. The maximum atomic E-state index is 10.5.